The number of amides is 1. The minimum absolute atomic E-state index is 0. The van der Waals surface area contributed by atoms with Crippen LogP contribution >= 0.6 is 0 Å². The standard InChI is InChI=1S/C8H10N.C7H7NO.K/c1-7-2-4-8(6-9)5-3-7;9-6-8-7-4-2-1-3-5-7;/h2-5,9H,6H2,1H3;1-6H,(H,8,9);/q-1;;+1. The van der Waals surface area contributed by atoms with Crippen LogP contribution in [0.5, 0.6) is 0 Å². The van der Waals surface area contributed by atoms with E-state index in [-0.39, 0.29) is 51.4 Å². The van der Waals surface area contributed by atoms with Crippen LogP contribution in [0.25, 0.3) is 5.73 Å². The number of para-hydroxylation sites is 1. The first kappa shape index (κ1) is 18.5. The van der Waals surface area contributed by atoms with Gasteiger partial charge in [-0.05, 0) is 19.1 Å². The smallest absolute Gasteiger partial charge is 0.674 e. The average Bonchev–Trinajstić information content (AvgIpc) is 2.42. The molecular formula is C15H17KN2O. The number of nitrogens with one attached hydrogen (secondary N) is 2. The van der Waals surface area contributed by atoms with E-state index in [1.165, 1.54) is 5.56 Å². The average molecular weight is 280 g/mol. The van der Waals surface area contributed by atoms with Gasteiger partial charge in [0.2, 0.25) is 6.41 Å². The van der Waals surface area contributed by atoms with Crippen molar-refractivity contribution < 1.29 is 56.2 Å². The van der Waals surface area contributed by atoms with Crippen molar-refractivity contribution in [3.8, 4) is 0 Å². The van der Waals surface area contributed by atoms with Gasteiger partial charge in [-0.2, -0.15) is 0 Å². The van der Waals surface area contributed by atoms with Gasteiger partial charge in [-0.15, -0.1) is 6.54 Å². The van der Waals surface area contributed by atoms with Gasteiger partial charge in [-0.1, -0.05) is 53.6 Å². The SMILES string of the molecule is Cc1ccc(C[NH-])cc1.O=CNc1ccccc1.[K+]. The van der Waals surface area contributed by atoms with Gasteiger partial charge in [0, 0.05) is 5.69 Å². The third kappa shape index (κ3) is 8.31. The molecule has 19 heavy (non-hydrogen) atoms. The van der Waals surface area contributed by atoms with Crippen LogP contribution in [0.2, 0.25) is 0 Å². The van der Waals surface area contributed by atoms with Gasteiger partial charge < -0.3 is 11.1 Å². The van der Waals surface area contributed by atoms with Crippen LogP contribution in [0.3, 0.4) is 0 Å². The molecule has 0 bridgehead atoms. The molecule has 0 saturated heterocycles. The Morgan fingerprint density at radius 3 is 2.11 bits per heavy atom. The normalized spacial score (nSPS) is 8.53. The van der Waals surface area contributed by atoms with Crippen molar-refractivity contribution in [1.82, 2.24) is 0 Å². The van der Waals surface area contributed by atoms with Crippen molar-refractivity contribution in [2.24, 2.45) is 0 Å². The summed E-state index contributed by atoms with van der Waals surface area (Å²) >= 11 is 0. The van der Waals surface area contributed by atoms with Crippen molar-refractivity contribution in [1.29, 1.82) is 0 Å². The first-order valence-electron chi connectivity index (χ1n) is 5.71. The van der Waals surface area contributed by atoms with E-state index in [4.69, 9.17) is 5.73 Å². The summed E-state index contributed by atoms with van der Waals surface area (Å²) in [7, 11) is 0. The van der Waals surface area contributed by atoms with Crippen molar-refractivity contribution in [3.05, 3.63) is 71.5 Å². The molecule has 0 aromatic heterocycles. The largest absolute Gasteiger partial charge is 1.00 e. The molecule has 0 aliphatic carbocycles. The number of carbonyl (C=O) groups is 1. The molecule has 2 rings (SSSR count). The molecule has 0 spiro atoms. The first-order chi connectivity index (χ1) is 8.76. The van der Waals surface area contributed by atoms with E-state index < -0.39 is 0 Å². The zero-order chi connectivity index (χ0) is 13.2. The zero-order valence-electron chi connectivity index (χ0n) is 11.4. The molecule has 1 amide bonds. The second-order valence-electron chi connectivity index (χ2n) is 3.79. The number of aryl methyl sites for hydroxylation is 1. The van der Waals surface area contributed by atoms with E-state index in [2.05, 4.69) is 5.32 Å². The molecule has 0 radical (unpaired) electrons. The summed E-state index contributed by atoms with van der Waals surface area (Å²) < 4.78 is 0. The van der Waals surface area contributed by atoms with Crippen molar-refractivity contribution in [2.45, 2.75) is 13.5 Å². The second-order valence-corrected chi connectivity index (χ2v) is 3.79. The fourth-order valence-electron chi connectivity index (χ4n) is 1.31. The summed E-state index contributed by atoms with van der Waals surface area (Å²) in [6, 6.07) is 17.3. The molecule has 2 N–H and O–H groups in total. The number of hydrogen-bond acceptors (Lipinski definition) is 1. The Hall–Kier alpha value is -0.494. The van der Waals surface area contributed by atoms with E-state index >= 15 is 0 Å². The minimum Gasteiger partial charge on any atom is -0.674 e. The Bertz CT molecular complexity index is 457. The van der Waals surface area contributed by atoms with Gasteiger partial charge in [0.25, 0.3) is 0 Å². The first-order valence-corrected chi connectivity index (χ1v) is 5.71. The number of carbonyl (C=O) groups excluding carboxylic acids is 1. The van der Waals surface area contributed by atoms with Gasteiger partial charge in [0.15, 0.2) is 0 Å². The third-order valence-corrected chi connectivity index (χ3v) is 2.32. The van der Waals surface area contributed by atoms with Crippen molar-refractivity contribution in [3.63, 3.8) is 0 Å². The maximum atomic E-state index is 9.86. The van der Waals surface area contributed by atoms with E-state index in [9.17, 15) is 4.79 Å². The Labute approximate surface area is 157 Å². The predicted octanol–water partition coefficient (Wildman–Crippen LogP) is 0.806. The summed E-state index contributed by atoms with van der Waals surface area (Å²) in [4.78, 5) is 9.86. The zero-order valence-corrected chi connectivity index (χ0v) is 14.5. The van der Waals surface area contributed by atoms with Crippen LogP contribution in [0.15, 0.2) is 54.6 Å². The van der Waals surface area contributed by atoms with Crippen LogP contribution < -0.4 is 56.7 Å². The fourth-order valence-corrected chi connectivity index (χ4v) is 1.31. The molecule has 0 aliphatic heterocycles. The number of benzene rings is 2. The minimum atomic E-state index is 0. The van der Waals surface area contributed by atoms with Crippen molar-refractivity contribution >= 4 is 12.1 Å². The summed E-state index contributed by atoms with van der Waals surface area (Å²) in [5, 5.41) is 2.53. The maximum absolute atomic E-state index is 9.86. The fraction of sp³-hybridized carbons (Fsp3) is 0.133. The van der Waals surface area contributed by atoms with E-state index in [0.717, 1.165) is 11.3 Å². The number of anilines is 1. The molecule has 0 aliphatic rings. The molecule has 94 valence electrons. The van der Waals surface area contributed by atoms with Gasteiger partial charge in [-0.3, -0.25) is 4.79 Å². The van der Waals surface area contributed by atoms with E-state index in [1.807, 2.05) is 61.5 Å². The molecule has 0 unspecified atom stereocenters. The van der Waals surface area contributed by atoms with Crippen LogP contribution in [-0.2, 0) is 11.3 Å². The molecule has 0 atom stereocenters. The Morgan fingerprint density at radius 2 is 1.63 bits per heavy atom. The molecule has 0 saturated carbocycles. The molecule has 2 aromatic carbocycles. The summed E-state index contributed by atoms with van der Waals surface area (Å²) in [5.41, 5.74) is 10.2. The molecule has 2 aromatic rings. The van der Waals surface area contributed by atoms with Gasteiger partial charge in [-0.25, -0.2) is 0 Å². The monoisotopic (exact) mass is 280 g/mol. The quantitative estimate of drug-likeness (QED) is 0.656. The van der Waals surface area contributed by atoms with Gasteiger partial charge in [0.1, 0.15) is 0 Å². The van der Waals surface area contributed by atoms with Crippen LogP contribution in [-0.4, -0.2) is 6.41 Å². The Balaban J connectivity index is 0.000000324. The number of rotatable bonds is 3. The van der Waals surface area contributed by atoms with Gasteiger partial charge in [0.05, 0.1) is 0 Å². The molecule has 3 nitrogen and oxygen atoms in total. The van der Waals surface area contributed by atoms with Crippen LogP contribution in [0.4, 0.5) is 5.69 Å². The van der Waals surface area contributed by atoms with Crippen LogP contribution in [0.1, 0.15) is 11.1 Å². The van der Waals surface area contributed by atoms with Crippen LogP contribution in [0, 0.1) is 6.92 Å². The topological polar surface area (TPSA) is 52.9 Å². The second kappa shape index (κ2) is 11.3. The molecule has 0 heterocycles. The summed E-state index contributed by atoms with van der Waals surface area (Å²) in [6.07, 6.45) is 0.662. The Morgan fingerprint density at radius 1 is 1.05 bits per heavy atom. The third-order valence-electron chi connectivity index (χ3n) is 2.32. The molecule has 0 fully saturated rings. The van der Waals surface area contributed by atoms with E-state index in [0.29, 0.717) is 13.0 Å². The van der Waals surface area contributed by atoms with Crippen molar-refractivity contribution in [2.75, 3.05) is 5.32 Å². The molecule has 4 heteroatoms. The molecular weight excluding hydrogens is 263 g/mol. The summed E-state index contributed by atoms with van der Waals surface area (Å²) in [5.74, 6) is 0. The predicted molar refractivity (Wildman–Crippen MR) is 75.3 cm³/mol. The number of hydrogen-bond donors (Lipinski definition) is 1. The van der Waals surface area contributed by atoms with E-state index in [1.54, 1.807) is 0 Å². The van der Waals surface area contributed by atoms with Gasteiger partial charge >= 0.3 is 51.4 Å². The Kier molecular flexibility index (Phi) is 11.0. The maximum Gasteiger partial charge on any atom is 1.00 e. The summed E-state index contributed by atoms with van der Waals surface area (Å²) in [6.45, 7) is 2.44.